The zero-order valence-electron chi connectivity index (χ0n) is 11.5. The van der Waals surface area contributed by atoms with Gasteiger partial charge in [0.15, 0.2) is 5.82 Å². The zero-order chi connectivity index (χ0) is 15.6. The molecule has 0 radical (unpaired) electrons. The lowest BCUT2D eigenvalue weighted by Gasteiger charge is -2.22. The summed E-state index contributed by atoms with van der Waals surface area (Å²) in [7, 11) is 0. The third-order valence-corrected chi connectivity index (χ3v) is 4.32. The van der Waals surface area contributed by atoms with Gasteiger partial charge in [-0.25, -0.2) is 4.68 Å². The SMILES string of the molecule is CCC(C)(Cn1nnnc1-c1cc(Br)ccc1Cl)C(=O)O. The van der Waals surface area contributed by atoms with E-state index in [1.807, 2.05) is 13.0 Å². The molecule has 6 nitrogen and oxygen atoms in total. The van der Waals surface area contributed by atoms with E-state index in [9.17, 15) is 9.90 Å². The zero-order valence-corrected chi connectivity index (χ0v) is 13.9. The molecular formula is C13H14BrClN4O2. The molecule has 1 unspecified atom stereocenters. The number of hydrogen-bond acceptors (Lipinski definition) is 4. The van der Waals surface area contributed by atoms with Gasteiger partial charge in [-0.15, -0.1) is 5.10 Å². The number of rotatable bonds is 5. The van der Waals surface area contributed by atoms with Gasteiger partial charge in [-0.3, -0.25) is 4.79 Å². The van der Waals surface area contributed by atoms with Gasteiger partial charge in [-0.05, 0) is 42.0 Å². The third kappa shape index (κ3) is 3.24. The van der Waals surface area contributed by atoms with Crippen LogP contribution in [0.4, 0.5) is 0 Å². The second kappa shape index (κ2) is 6.11. The van der Waals surface area contributed by atoms with Gasteiger partial charge in [-0.1, -0.05) is 34.5 Å². The first-order valence-corrected chi connectivity index (χ1v) is 7.49. The third-order valence-electron chi connectivity index (χ3n) is 3.50. The van der Waals surface area contributed by atoms with Gasteiger partial charge in [0, 0.05) is 10.0 Å². The summed E-state index contributed by atoms with van der Waals surface area (Å²) in [5, 5.41) is 21.4. The molecule has 21 heavy (non-hydrogen) atoms. The Morgan fingerprint density at radius 1 is 1.52 bits per heavy atom. The largest absolute Gasteiger partial charge is 0.481 e. The van der Waals surface area contributed by atoms with Gasteiger partial charge in [-0.2, -0.15) is 0 Å². The van der Waals surface area contributed by atoms with Gasteiger partial charge >= 0.3 is 5.97 Å². The maximum atomic E-state index is 11.4. The van der Waals surface area contributed by atoms with E-state index >= 15 is 0 Å². The minimum Gasteiger partial charge on any atom is -0.481 e. The van der Waals surface area contributed by atoms with E-state index in [-0.39, 0.29) is 6.54 Å². The smallest absolute Gasteiger partial charge is 0.311 e. The second-order valence-corrected chi connectivity index (χ2v) is 6.33. The molecule has 2 rings (SSSR count). The van der Waals surface area contributed by atoms with E-state index in [1.165, 1.54) is 4.68 Å². The van der Waals surface area contributed by atoms with Crippen LogP contribution in [0, 0.1) is 5.41 Å². The predicted octanol–water partition coefficient (Wildman–Crippen LogP) is 3.26. The Bertz CT molecular complexity index is 676. The van der Waals surface area contributed by atoms with Gasteiger partial charge in [0.05, 0.1) is 17.0 Å². The fourth-order valence-corrected chi connectivity index (χ4v) is 2.40. The molecule has 0 amide bonds. The van der Waals surface area contributed by atoms with Crippen LogP contribution in [0.1, 0.15) is 20.3 Å². The van der Waals surface area contributed by atoms with Crippen LogP contribution in [-0.4, -0.2) is 31.3 Å². The summed E-state index contributed by atoms with van der Waals surface area (Å²) in [4.78, 5) is 11.4. The average molecular weight is 374 g/mol. The van der Waals surface area contributed by atoms with Gasteiger partial charge in [0.2, 0.25) is 0 Å². The number of benzene rings is 1. The van der Waals surface area contributed by atoms with Crippen LogP contribution in [0.3, 0.4) is 0 Å². The average Bonchev–Trinajstić information content (AvgIpc) is 2.89. The molecule has 0 aliphatic carbocycles. The maximum Gasteiger partial charge on any atom is 0.311 e. The lowest BCUT2D eigenvalue weighted by Crippen LogP contribution is -2.32. The highest BCUT2D eigenvalue weighted by Crippen LogP contribution is 2.31. The monoisotopic (exact) mass is 372 g/mol. The van der Waals surface area contributed by atoms with Crippen molar-refractivity contribution in [3.63, 3.8) is 0 Å². The molecule has 0 bridgehead atoms. The van der Waals surface area contributed by atoms with Crippen LogP contribution < -0.4 is 0 Å². The summed E-state index contributed by atoms with van der Waals surface area (Å²) >= 11 is 9.56. The summed E-state index contributed by atoms with van der Waals surface area (Å²) in [5.41, 5.74) is -0.289. The predicted molar refractivity (Wildman–Crippen MR) is 82.0 cm³/mol. The molecular weight excluding hydrogens is 360 g/mol. The summed E-state index contributed by atoms with van der Waals surface area (Å²) in [6, 6.07) is 5.35. The van der Waals surface area contributed by atoms with E-state index in [0.29, 0.717) is 22.8 Å². The van der Waals surface area contributed by atoms with Crippen molar-refractivity contribution in [2.75, 3.05) is 0 Å². The maximum absolute atomic E-state index is 11.4. The van der Waals surface area contributed by atoms with Gasteiger partial charge < -0.3 is 5.11 Å². The normalized spacial score (nSPS) is 13.9. The van der Waals surface area contributed by atoms with Crippen molar-refractivity contribution in [3.8, 4) is 11.4 Å². The molecule has 0 saturated heterocycles. The molecule has 0 aliphatic rings. The van der Waals surface area contributed by atoms with E-state index in [2.05, 4.69) is 31.5 Å². The summed E-state index contributed by atoms with van der Waals surface area (Å²) < 4.78 is 2.32. The molecule has 8 heteroatoms. The Kier molecular flexibility index (Phi) is 4.63. The van der Waals surface area contributed by atoms with Gasteiger partial charge in [0.25, 0.3) is 0 Å². The van der Waals surface area contributed by atoms with E-state index in [0.717, 1.165) is 4.47 Å². The number of hydrogen-bond donors (Lipinski definition) is 1. The van der Waals surface area contributed by atoms with Crippen molar-refractivity contribution in [3.05, 3.63) is 27.7 Å². The van der Waals surface area contributed by atoms with Crippen molar-refractivity contribution in [2.24, 2.45) is 5.41 Å². The van der Waals surface area contributed by atoms with E-state index in [4.69, 9.17) is 11.6 Å². The van der Waals surface area contributed by atoms with Crippen molar-refractivity contribution in [2.45, 2.75) is 26.8 Å². The topological polar surface area (TPSA) is 80.9 Å². The first kappa shape index (κ1) is 15.9. The molecule has 0 saturated carbocycles. The number of carboxylic acid groups (broad SMARTS) is 1. The van der Waals surface area contributed by atoms with Gasteiger partial charge in [0.1, 0.15) is 0 Å². The summed E-state index contributed by atoms with van der Waals surface area (Å²) in [5.74, 6) is -0.436. The van der Waals surface area contributed by atoms with E-state index < -0.39 is 11.4 Å². The number of aromatic nitrogens is 4. The molecule has 112 valence electrons. The lowest BCUT2D eigenvalue weighted by molar-refractivity contribution is -0.149. The molecule has 1 aromatic carbocycles. The van der Waals surface area contributed by atoms with Crippen LogP contribution >= 0.6 is 27.5 Å². The number of carbonyl (C=O) groups is 1. The Balaban J connectivity index is 2.44. The number of aliphatic carboxylic acids is 1. The minimum absolute atomic E-state index is 0.171. The van der Waals surface area contributed by atoms with Crippen LogP contribution in [0.15, 0.2) is 22.7 Å². The number of halogens is 2. The number of carboxylic acids is 1. The number of tetrazole rings is 1. The fourth-order valence-electron chi connectivity index (χ4n) is 1.83. The highest BCUT2D eigenvalue weighted by atomic mass is 79.9. The van der Waals surface area contributed by atoms with Crippen molar-refractivity contribution in [1.29, 1.82) is 0 Å². The Hall–Kier alpha value is -1.47. The standard InChI is InChI=1S/C13H14BrClN4O2/c1-3-13(2,12(20)21)7-19-11(16-17-18-19)9-6-8(14)4-5-10(9)15/h4-6H,3,7H2,1-2H3,(H,20,21). The minimum atomic E-state index is -0.942. The molecule has 2 aromatic rings. The molecule has 0 fully saturated rings. The van der Waals surface area contributed by atoms with Crippen LogP contribution in [-0.2, 0) is 11.3 Å². The van der Waals surface area contributed by atoms with Crippen molar-refractivity contribution >= 4 is 33.5 Å². The van der Waals surface area contributed by atoms with Crippen molar-refractivity contribution in [1.82, 2.24) is 20.2 Å². The molecule has 1 atom stereocenters. The Labute approximate surface area is 135 Å². The lowest BCUT2D eigenvalue weighted by atomic mass is 9.88. The first-order chi connectivity index (χ1) is 9.87. The highest BCUT2D eigenvalue weighted by molar-refractivity contribution is 9.10. The fraction of sp³-hybridized carbons (Fsp3) is 0.385. The number of nitrogens with zero attached hydrogens (tertiary/aromatic N) is 4. The highest BCUT2D eigenvalue weighted by Gasteiger charge is 2.33. The Morgan fingerprint density at radius 2 is 2.24 bits per heavy atom. The van der Waals surface area contributed by atoms with E-state index in [1.54, 1.807) is 19.1 Å². The molecule has 0 spiro atoms. The van der Waals surface area contributed by atoms with Crippen LogP contribution in [0.25, 0.3) is 11.4 Å². The molecule has 1 heterocycles. The molecule has 1 N–H and O–H groups in total. The van der Waals surface area contributed by atoms with Crippen LogP contribution in [0.2, 0.25) is 5.02 Å². The Morgan fingerprint density at radius 3 is 2.86 bits per heavy atom. The van der Waals surface area contributed by atoms with Crippen molar-refractivity contribution < 1.29 is 9.90 Å². The first-order valence-electron chi connectivity index (χ1n) is 6.32. The molecule has 0 aliphatic heterocycles. The summed E-state index contributed by atoms with van der Waals surface area (Å²) in [6.07, 6.45) is 0.466. The molecule has 1 aromatic heterocycles. The quantitative estimate of drug-likeness (QED) is 0.870. The second-order valence-electron chi connectivity index (χ2n) is 5.00. The summed E-state index contributed by atoms with van der Waals surface area (Å²) in [6.45, 7) is 3.66. The van der Waals surface area contributed by atoms with Crippen LogP contribution in [0.5, 0.6) is 0 Å².